The third-order valence-corrected chi connectivity index (χ3v) is 1.19. The Morgan fingerprint density at radius 3 is 1.60 bits per heavy atom. The van der Waals surface area contributed by atoms with Crippen LogP contribution in [-0.2, 0) is 0 Å². The summed E-state index contributed by atoms with van der Waals surface area (Å²) >= 11 is 0. The van der Waals surface area contributed by atoms with Gasteiger partial charge in [-0.2, -0.15) is 0 Å². The lowest BCUT2D eigenvalue weighted by Crippen LogP contribution is -2.03. The minimum Gasteiger partial charge on any atom is -0.396 e. The van der Waals surface area contributed by atoms with E-state index in [2.05, 4.69) is 20.8 Å². The molecule has 0 bridgehead atoms. The molecule has 0 aliphatic heterocycles. The van der Waals surface area contributed by atoms with Crippen molar-refractivity contribution in [3.05, 3.63) is 0 Å². The molecule has 0 aliphatic carbocycles. The lowest BCUT2D eigenvalue weighted by molar-refractivity contribution is 0.218. The zero-order valence-electron chi connectivity index (χ0n) is 8.02. The Bertz CT molecular complexity index is 50.7. The summed E-state index contributed by atoms with van der Waals surface area (Å²) in [7, 11) is 0. The molecule has 0 radical (unpaired) electrons. The van der Waals surface area contributed by atoms with E-state index in [9.17, 15) is 0 Å². The molecule has 0 aromatic heterocycles. The van der Waals surface area contributed by atoms with Gasteiger partial charge < -0.3 is 5.11 Å². The summed E-state index contributed by atoms with van der Waals surface area (Å²) in [6.45, 7) is 10.7. The first-order chi connectivity index (χ1) is 4.66. The molecular formula is C9H22O. The fourth-order valence-corrected chi connectivity index (χ4v) is 0.879. The fraction of sp³-hybridized carbons (Fsp3) is 1.00. The number of rotatable bonds is 3. The molecule has 1 unspecified atom stereocenters. The number of aliphatic hydroxyl groups excluding tert-OH is 1. The lowest BCUT2D eigenvalue weighted by Gasteiger charge is -2.08. The van der Waals surface area contributed by atoms with Crippen LogP contribution in [0.2, 0.25) is 0 Å². The van der Waals surface area contributed by atoms with Crippen LogP contribution in [0.15, 0.2) is 0 Å². The van der Waals surface area contributed by atoms with Gasteiger partial charge in [-0.1, -0.05) is 34.6 Å². The second-order valence-electron chi connectivity index (χ2n) is 2.92. The Balaban J connectivity index is 0. The van der Waals surface area contributed by atoms with Crippen LogP contribution in [0.25, 0.3) is 0 Å². The molecular weight excluding hydrogens is 124 g/mol. The monoisotopic (exact) mass is 146 g/mol. The molecule has 1 heteroatoms. The highest BCUT2D eigenvalue weighted by Gasteiger charge is 2.01. The summed E-state index contributed by atoms with van der Waals surface area (Å²) in [4.78, 5) is 0. The van der Waals surface area contributed by atoms with Gasteiger partial charge in [0.15, 0.2) is 0 Å². The van der Waals surface area contributed by atoms with E-state index >= 15 is 0 Å². The standard InChI is InChI=1S/C7H16O.C2H6/c1-6(2)4-7(3)5-8;1-2/h6-8H,4-5H2,1-3H3;1-2H3. The Labute approximate surface area is 65.5 Å². The molecule has 1 N–H and O–H groups in total. The van der Waals surface area contributed by atoms with E-state index in [1.807, 2.05) is 13.8 Å². The van der Waals surface area contributed by atoms with E-state index in [1.165, 1.54) is 0 Å². The summed E-state index contributed by atoms with van der Waals surface area (Å²) in [5.41, 5.74) is 0. The molecule has 0 aromatic rings. The smallest absolute Gasteiger partial charge is 0.0456 e. The van der Waals surface area contributed by atoms with Gasteiger partial charge >= 0.3 is 0 Å². The quantitative estimate of drug-likeness (QED) is 0.649. The first kappa shape index (κ1) is 12.6. The fourth-order valence-electron chi connectivity index (χ4n) is 0.879. The van der Waals surface area contributed by atoms with Crippen LogP contribution in [0, 0.1) is 11.8 Å². The van der Waals surface area contributed by atoms with E-state index in [0.29, 0.717) is 12.5 Å². The van der Waals surface area contributed by atoms with Crippen molar-refractivity contribution < 1.29 is 5.11 Å². The summed E-state index contributed by atoms with van der Waals surface area (Å²) in [6.07, 6.45) is 1.14. The second kappa shape index (κ2) is 8.96. The highest BCUT2D eigenvalue weighted by molar-refractivity contribution is 4.52. The Kier molecular flexibility index (Phi) is 11.3. The van der Waals surface area contributed by atoms with Gasteiger partial charge in [0.1, 0.15) is 0 Å². The van der Waals surface area contributed by atoms with Gasteiger partial charge in [-0.15, -0.1) is 0 Å². The van der Waals surface area contributed by atoms with Crippen LogP contribution in [0.3, 0.4) is 0 Å². The number of hydrogen-bond acceptors (Lipinski definition) is 1. The van der Waals surface area contributed by atoms with Crippen molar-refractivity contribution in [1.82, 2.24) is 0 Å². The molecule has 0 rings (SSSR count). The van der Waals surface area contributed by atoms with Crippen LogP contribution in [0.4, 0.5) is 0 Å². The van der Waals surface area contributed by atoms with Gasteiger partial charge in [-0.05, 0) is 18.3 Å². The largest absolute Gasteiger partial charge is 0.396 e. The Morgan fingerprint density at radius 2 is 1.50 bits per heavy atom. The molecule has 1 atom stereocenters. The number of hydrogen-bond donors (Lipinski definition) is 1. The van der Waals surface area contributed by atoms with Gasteiger partial charge in [-0.25, -0.2) is 0 Å². The van der Waals surface area contributed by atoms with Gasteiger partial charge in [0, 0.05) is 6.61 Å². The van der Waals surface area contributed by atoms with Crippen molar-refractivity contribution in [1.29, 1.82) is 0 Å². The van der Waals surface area contributed by atoms with E-state index in [4.69, 9.17) is 5.11 Å². The zero-order valence-corrected chi connectivity index (χ0v) is 8.02. The van der Waals surface area contributed by atoms with Gasteiger partial charge in [-0.3, -0.25) is 0 Å². The zero-order chi connectivity index (χ0) is 8.57. The summed E-state index contributed by atoms with van der Waals surface area (Å²) < 4.78 is 0. The average molecular weight is 146 g/mol. The Morgan fingerprint density at radius 1 is 1.10 bits per heavy atom. The minimum absolute atomic E-state index is 0.332. The van der Waals surface area contributed by atoms with Gasteiger partial charge in [0.2, 0.25) is 0 Å². The van der Waals surface area contributed by atoms with E-state index in [1.54, 1.807) is 0 Å². The molecule has 0 saturated carbocycles. The average Bonchev–Trinajstić information content (AvgIpc) is 1.91. The molecule has 64 valence electrons. The summed E-state index contributed by atoms with van der Waals surface area (Å²) in [5, 5.41) is 8.58. The summed E-state index contributed by atoms with van der Waals surface area (Å²) in [5.74, 6) is 1.20. The lowest BCUT2D eigenvalue weighted by atomic mass is 10.0. The van der Waals surface area contributed by atoms with Gasteiger partial charge in [0.05, 0.1) is 0 Å². The molecule has 1 nitrogen and oxygen atoms in total. The van der Waals surface area contributed by atoms with Crippen LogP contribution in [0.1, 0.15) is 41.0 Å². The molecule has 10 heavy (non-hydrogen) atoms. The number of aliphatic hydroxyl groups is 1. The molecule has 0 spiro atoms. The second-order valence-corrected chi connectivity index (χ2v) is 2.92. The van der Waals surface area contributed by atoms with Crippen LogP contribution >= 0.6 is 0 Å². The highest BCUT2D eigenvalue weighted by Crippen LogP contribution is 2.08. The maximum Gasteiger partial charge on any atom is 0.0456 e. The molecule has 0 fully saturated rings. The normalized spacial score (nSPS) is 12.3. The molecule has 0 heterocycles. The predicted octanol–water partition coefficient (Wildman–Crippen LogP) is 2.69. The van der Waals surface area contributed by atoms with Crippen LogP contribution in [0.5, 0.6) is 0 Å². The van der Waals surface area contributed by atoms with E-state index < -0.39 is 0 Å². The van der Waals surface area contributed by atoms with Crippen molar-refractivity contribution in [2.24, 2.45) is 11.8 Å². The summed E-state index contributed by atoms with van der Waals surface area (Å²) in [6, 6.07) is 0. The van der Waals surface area contributed by atoms with Crippen molar-refractivity contribution >= 4 is 0 Å². The van der Waals surface area contributed by atoms with Crippen molar-refractivity contribution in [2.75, 3.05) is 6.61 Å². The van der Waals surface area contributed by atoms with Gasteiger partial charge in [0.25, 0.3) is 0 Å². The van der Waals surface area contributed by atoms with E-state index in [0.717, 1.165) is 12.3 Å². The minimum atomic E-state index is 0.332. The van der Waals surface area contributed by atoms with Crippen molar-refractivity contribution in [3.63, 3.8) is 0 Å². The SMILES string of the molecule is CC.CC(C)CC(C)CO. The molecule has 0 aromatic carbocycles. The predicted molar refractivity (Wildman–Crippen MR) is 47.1 cm³/mol. The Hall–Kier alpha value is -0.0400. The first-order valence-corrected chi connectivity index (χ1v) is 4.27. The van der Waals surface area contributed by atoms with E-state index in [-0.39, 0.29) is 0 Å². The highest BCUT2D eigenvalue weighted by atomic mass is 16.3. The maximum absolute atomic E-state index is 8.58. The topological polar surface area (TPSA) is 20.2 Å². The maximum atomic E-state index is 8.58. The molecule has 0 aliphatic rings. The third-order valence-electron chi connectivity index (χ3n) is 1.19. The van der Waals surface area contributed by atoms with Crippen LogP contribution in [-0.4, -0.2) is 11.7 Å². The first-order valence-electron chi connectivity index (χ1n) is 4.27. The van der Waals surface area contributed by atoms with Crippen molar-refractivity contribution in [3.8, 4) is 0 Å². The van der Waals surface area contributed by atoms with Crippen LogP contribution < -0.4 is 0 Å². The third kappa shape index (κ3) is 10.9. The molecule has 0 saturated heterocycles. The molecule has 0 amide bonds. The van der Waals surface area contributed by atoms with Crippen molar-refractivity contribution in [2.45, 2.75) is 41.0 Å².